The summed E-state index contributed by atoms with van der Waals surface area (Å²) in [7, 11) is -3.32. The van der Waals surface area contributed by atoms with Crippen LogP contribution in [-0.2, 0) is 10.0 Å². The van der Waals surface area contributed by atoms with Crippen molar-refractivity contribution in [3.63, 3.8) is 0 Å². The van der Waals surface area contributed by atoms with Gasteiger partial charge in [-0.3, -0.25) is 0 Å². The third kappa shape index (κ3) is 4.59. The van der Waals surface area contributed by atoms with Crippen molar-refractivity contribution in [1.82, 2.24) is 4.72 Å². The fourth-order valence-electron chi connectivity index (χ4n) is 1.14. The Hall–Kier alpha value is -1.13. The maximum absolute atomic E-state index is 11.6. The van der Waals surface area contributed by atoms with Crippen molar-refractivity contribution in [3.05, 3.63) is 41.3 Å². The lowest BCUT2D eigenvalue weighted by Gasteiger charge is -2.08. The highest BCUT2D eigenvalue weighted by molar-refractivity contribution is 7.92. The molecular weight excluding hydrogens is 222 g/mol. The largest absolute Gasteiger partial charge is 0.233 e. The quantitative estimate of drug-likeness (QED) is 0.857. The molecular formula is C12H17NO2S. The van der Waals surface area contributed by atoms with Crippen molar-refractivity contribution in [2.75, 3.05) is 0 Å². The zero-order valence-electron chi connectivity index (χ0n) is 9.55. The molecule has 3 nitrogen and oxygen atoms in total. The van der Waals surface area contributed by atoms with E-state index in [1.807, 2.05) is 44.2 Å². The molecule has 0 heterocycles. The Morgan fingerprint density at radius 3 is 2.50 bits per heavy atom. The second kappa shape index (κ2) is 5.82. The van der Waals surface area contributed by atoms with Gasteiger partial charge in [-0.1, -0.05) is 37.3 Å². The molecule has 0 unspecified atom stereocenters. The van der Waals surface area contributed by atoms with Crippen LogP contribution >= 0.6 is 0 Å². The summed E-state index contributed by atoms with van der Waals surface area (Å²) in [5, 5.41) is 1.20. The van der Waals surface area contributed by atoms with Crippen LogP contribution in [0.1, 0.15) is 25.8 Å². The molecule has 0 saturated carbocycles. The van der Waals surface area contributed by atoms with E-state index in [-0.39, 0.29) is 6.04 Å². The lowest BCUT2D eigenvalue weighted by atomic mass is 10.2. The van der Waals surface area contributed by atoms with Gasteiger partial charge >= 0.3 is 0 Å². The Balaban J connectivity index is 2.70. The number of rotatable bonds is 5. The summed E-state index contributed by atoms with van der Waals surface area (Å²) in [5.41, 5.74) is 0.872. The van der Waals surface area contributed by atoms with Crippen molar-refractivity contribution in [2.45, 2.75) is 26.3 Å². The second-order valence-electron chi connectivity index (χ2n) is 3.69. The van der Waals surface area contributed by atoms with E-state index in [0.29, 0.717) is 0 Å². The predicted molar refractivity (Wildman–Crippen MR) is 67.3 cm³/mol. The smallest absolute Gasteiger partial charge is 0.209 e. The Morgan fingerprint density at radius 1 is 1.31 bits per heavy atom. The zero-order valence-corrected chi connectivity index (χ0v) is 10.4. The van der Waals surface area contributed by atoms with Crippen LogP contribution in [0.2, 0.25) is 0 Å². The van der Waals surface area contributed by atoms with E-state index in [1.54, 1.807) is 6.08 Å². The van der Waals surface area contributed by atoms with Gasteiger partial charge in [0, 0.05) is 11.4 Å². The van der Waals surface area contributed by atoms with Crippen LogP contribution in [0, 0.1) is 0 Å². The average Bonchev–Trinajstić information content (AvgIpc) is 2.27. The first kappa shape index (κ1) is 12.9. The van der Waals surface area contributed by atoms with Gasteiger partial charge in [-0.25, -0.2) is 13.1 Å². The molecule has 1 rings (SSSR count). The molecule has 0 amide bonds. The second-order valence-corrected chi connectivity index (χ2v) is 5.28. The predicted octanol–water partition coefficient (Wildman–Crippen LogP) is 2.38. The molecule has 0 aliphatic carbocycles. The number of sulfonamides is 1. The number of hydrogen-bond donors (Lipinski definition) is 1. The van der Waals surface area contributed by atoms with E-state index in [9.17, 15) is 8.42 Å². The highest BCUT2D eigenvalue weighted by atomic mass is 32.2. The average molecular weight is 239 g/mol. The molecule has 0 aliphatic rings. The van der Waals surface area contributed by atoms with Gasteiger partial charge in [-0.15, -0.1) is 0 Å². The molecule has 1 aromatic carbocycles. The molecule has 0 bridgehead atoms. The fourth-order valence-corrected chi connectivity index (χ4v) is 2.28. The van der Waals surface area contributed by atoms with Gasteiger partial charge in [-0.2, -0.15) is 0 Å². The van der Waals surface area contributed by atoms with Crippen LogP contribution in [0.4, 0.5) is 0 Å². The highest BCUT2D eigenvalue weighted by Gasteiger charge is 2.08. The number of hydrogen-bond acceptors (Lipinski definition) is 2. The van der Waals surface area contributed by atoms with Gasteiger partial charge < -0.3 is 0 Å². The molecule has 16 heavy (non-hydrogen) atoms. The summed E-state index contributed by atoms with van der Waals surface area (Å²) < 4.78 is 25.7. The molecule has 0 saturated heterocycles. The third-order valence-corrected chi connectivity index (χ3v) is 3.44. The van der Waals surface area contributed by atoms with E-state index in [0.717, 1.165) is 12.0 Å². The Labute approximate surface area is 97.2 Å². The minimum absolute atomic E-state index is 0.0366. The first-order valence-electron chi connectivity index (χ1n) is 5.29. The van der Waals surface area contributed by atoms with Crippen LogP contribution in [-0.4, -0.2) is 14.5 Å². The van der Waals surface area contributed by atoms with Crippen molar-refractivity contribution in [2.24, 2.45) is 0 Å². The third-order valence-electron chi connectivity index (χ3n) is 2.22. The molecule has 0 aliphatic heterocycles. The van der Waals surface area contributed by atoms with Gasteiger partial charge in [0.25, 0.3) is 0 Å². The summed E-state index contributed by atoms with van der Waals surface area (Å²) in [6.45, 7) is 3.78. The summed E-state index contributed by atoms with van der Waals surface area (Å²) in [6.07, 6.45) is 2.36. The molecule has 1 N–H and O–H groups in total. The molecule has 1 aromatic rings. The van der Waals surface area contributed by atoms with Gasteiger partial charge in [0.2, 0.25) is 10.0 Å². The summed E-state index contributed by atoms with van der Waals surface area (Å²) in [5.74, 6) is 0. The lowest BCUT2D eigenvalue weighted by molar-refractivity contribution is 0.564. The SMILES string of the molecule is CC[C@@H](C)NS(=O)(=O)/C=C/c1ccccc1. The van der Waals surface area contributed by atoms with Crippen molar-refractivity contribution >= 4 is 16.1 Å². The van der Waals surface area contributed by atoms with Gasteiger partial charge in [-0.05, 0) is 25.0 Å². The van der Waals surface area contributed by atoms with Gasteiger partial charge in [0.05, 0.1) is 0 Å². The van der Waals surface area contributed by atoms with E-state index in [2.05, 4.69) is 4.72 Å². The maximum Gasteiger partial charge on any atom is 0.233 e. The summed E-state index contributed by atoms with van der Waals surface area (Å²) >= 11 is 0. The van der Waals surface area contributed by atoms with Crippen molar-refractivity contribution < 1.29 is 8.42 Å². The molecule has 1 atom stereocenters. The van der Waals surface area contributed by atoms with E-state index >= 15 is 0 Å². The highest BCUT2D eigenvalue weighted by Crippen LogP contribution is 2.03. The van der Waals surface area contributed by atoms with Gasteiger partial charge in [0.1, 0.15) is 0 Å². The van der Waals surface area contributed by atoms with Crippen molar-refractivity contribution in [3.8, 4) is 0 Å². The summed E-state index contributed by atoms with van der Waals surface area (Å²) in [4.78, 5) is 0. The Bertz CT molecular complexity index is 437. The first-order valence-corrected chi connectivity index (χ1v) is 6.83. The first-order chi connectivity index (χ1) is 7.53. The normalized spacial score (nSPS) is 14.1. The monoisotopic (exact) mass is 239 g/mol. The van der Waals surface area contributed by atoms with Crippen molar-refractivity contribution in [1.29, 1.82) is 0 Å². The summed E-state index contributed by atoms with van der Waals surface area (Å²) in [6, 6.07) is 9.31. The number of benzene rings is 1. The van der Waals surface area contributed by atoms with Crippen LogP contribution in [0.15, 0.2) is 35.7 Å². The Morgan fingerprint density at radius 2 is 1.94 bits per heavy atom. The molecule has 0 fully saturated rings. The van der Waals surface area contributed by atoms with E-state index in [1.165, 1.54) is 5.41 Å². The van der Waals surface area contributed by atoms with Crippen LogP contribution < -0.4 is 4.72 Å². The van der Waals surface area contributed by atoms with Crippen LogP contribution in [0.5, 0.6) is 0 Å². The van der Waals surface area contributed by atoms with E-state index < -0.39 is 10.0 Å². The van der Waals surface area contributed by atoms with Crippen LogP contribution in [0.3, 0.4) is 0 Å². The molecule has 0 aromatic heterocycles. The fraction of sp³-hybridized carbons (Fsp3) is 0.333. The minimum atomic E-state index is -3.32. The molecule has 4 heteroatoms. The molecule has 88 valence electrons. The molecule has 0 radical (unpaired) electrons. The topological polar surface area (TPSA) is 46.2 Å². The molecule has 0 spiro atoms. The lowest BCUT2D eigenvalue weighted by Crippen LogP contribution is -2.30. The standard InChI is InChI=1S/C12H17NO2S/c1-3-11(2)13-16(14,15)10-9-12-7-5-4-6-8-12/h4-11,13H,3H2,1-2H3/b10-9+/t11-/m1/s1. The van der Waals surface area contributed by atoms with Gasteiger partial charge in [0.15, 0.2) is 0 Å². The van der Waals surface area contributed by atoms with E-state index in [4.69, 9.17) is 0 Å². The minimum Gasteiger partial charge on any atom is -0.209 e. The zero-order chi connectivity index (χ0) is 12.0. The Kier molecular flexibility index (Phi) is 4.71. The number of nitrogens with one attached hydrogen (secondary N) is 1. The van der Waals surface area contributed by atoms with Crippen LogP contribution in [0.25, 0.3) is 6.08 Å². The maximum atomic E-state index is 11.6.